The highest BCUT2D eigenvalue weighted by Crippen LogP contribution is 2.14. The Morgan fingerprint density at radius 1 is 1.12 bits per heavy atom. The summed E-state index contributed by atoms with van der Waals surface area (Å²) in [6, 6.07) is 0.804. The van der Waals surface area contributed by atoms with Crippen LogP contribution >= 0.6 is 0 Å². The van der Waals surface area contributed by atoms with Crippen LogP contribution in [0.15, 0.2) is 0 Å². The predicted molar refractivity (Wildman–Crippen MR) is 73.4 cm³/mol. The third-order valence-electron chi connectivity index (χ3n) is 4.07. The van der Waals surface area contributed by atoms with Gasteiger partial charge in [-0.2, -0.15) is 0 Å². The second-order valence-electron chi connectivity index (χ2n) is 6.08. The average molecular weight is 239 g/mol. The molecule has 0 aromatic heterocycles. The van der Waals surface area contributed by atoms with E-state index in [1.807, 2.05) is 0 Å². The highest BCUT2D eigenvalue weighted by molar-refractivity contribution is 4.81. The minimum absolute atomic E-state index is 0.804. The number of nitrogens with zero attached hydrogens (tertiary/aromatic N) is 2. The summed E-state index contributed by atoms with van der Waals surface area (Å²) >= 11 is 0. The molecule has 0 aromatic carbocycles. The quantitative estimate of drug-likeness (QED) is 0.803. The summed E-state index contributed by atoms with van der Waals surface area (Å²) in [6.45, 7) is 13.5. The molecular weight excluding hydrogens is 210 g/mol. The first kappa shape index (κ1) is 13.3. The van der Waals surface area contributed by atoms with E-state index >= 15 is 0 Å². The van der Waals surface area contributed by atoms with Crippen LogP contribution in [-0.4, -0.2) is 61.7 Å². The van der Waals surface area contributed by atoms with E-state index in [2.05, 4.69) is 29.0 Å². The maximum Gasteiger partial charge on any atom is 0.0221 e. The first-order valence-corrected chi connectivity index (χ1v) is 7.43. The van der Waals surface area contributed by atoms with Crippen LogP contribution in [0, 0.1) is 5.92 Å². The summed E-state index contributed by atoms with van der Waals surface area (Å²) in [6.07, 6.45) is 4.17. The van der Waals surface area contributed by atoms with Gasteiger partial charge in [-0.3, -0.25) is 4.90 Å². The topological polar surface area (TPSA) is 18.5 Å². The predicted octanol–water partition coefficient (Wildman–Crippen LogP) is 1.40. The molecule has 0 bridgehead atoms. The van der Waals surface area contributed by atoms with Gasteiger partial charge in [0, 0.05) is 45.3 Å². The summed E-state index contributed by atoms with van der Waals surface area (Å²) in [4.78, 5) is 5.35. The number of rotatable bonds is 3. The summed E-state index contributed by atoms with van der Waals surface area (Å²) in [5, 5.41) is 3.58. The second kappa shape index (κ2) is 6.72. The molecule has 100 valence electrons. The average Bonchev–Trinajstić information content (AvgIpc) is 2.58. The Hall–Kier alpha value is -0.120. The van der Waals surface area contributed by atoms with E-state index < -0.39 is 0 Å². The SMILES string of the molecule is CC(C)CN1CCN(C2CCCCNC2)CC1. The smallest absolute Gasteiger partial charge is 0.0221 e. The van der Waals surface area contributed by atoms with Crippen molar-refractivity contribution in [2.75, 3.05) is 45.8 Å². The van der Waals surface area contributed by atoms with Crippen LogP contribution in [0.3, 0.4) is 0 Å². The molecule has 2 rings (SSSR count). The molecule has 2 aliphatic rings. The lowest BCUT2D eigenvalue weighted by atomic mass is 10.1. The summed E-state index contributed by atoms with van der Waals surface area (Å²) in [5.41, 5.74) is 0. The van der Waals surface area contributed by atoms with Crippen molar-refractivity contribution in [3.05, 3.63) is 0 Å². The highest BCUT2D eigenvalue weighted by atomic mass is 15.3. The molecule has 2 saturated heterocycles. The standard InChI is InChI=1S/C14H29N3/c1-13(2)12-16-7-9-17(10-8-16)14-5-3-4-6-15-11-14/h13-15H,3-12H2,1-2H3. The Bertz CT molecular complexity index is 202. The fourth-order valence-electron chi connectivity index (χ4n) is 3.14. The Kier molecular flexibility index (Phi) is 5.26. The number of hydrogen-bond donors (Lipinski definition) is 1. The number of hydrogen-bond acceptors (Lipinski definition) is 3. The zero-order chi connectivity index (χ0) is 12.1. The minimum atomic E-state index is 0.804. The van der Waals surface area contributed by atoms with Crippen LogP contribution in [0.25, 0.3) is 0 Å². The van der Waals surface area contributed by atoms with Gasteiger partial charge >= 0.3 is 0 Å². The highest BCUT2D eigenvalue weighted by Gasteiger charge is 2.24. The van der Waals surface area contributed by atoms with Gasteiger partial charge in [0.05, 0.1) is 0 Å². The molecule has 1 unspecified atom stereocenters. The molecule has 0 saturated carbocycles. The second-order valence-corrected chi connectivity index (χ2v) is 6.08. The van der Waals surface area contributed by atoms with Crippen molar-refractivity contribution in [2.45, 2.75) is 39.2 Å². The lowest BCUT2D eigenvalue weighted by molar-refractivity contribution is 0.0867. The van der Waals surface area contributed by atoms with E-state index in [-0.39, 0.29) is 0 Å². The van der Waals surface area contributed by atoms with Crippen LogP contribution in [-0.2, 0) is 0 Å². The van der Waals surface area contributed by atoms with Crippen molar-refractivity contribution < 1.29 is 0 Å². The van der Waals surface area contributed by atoms with Gasteiger partial charge in [0.15, 0.2) is 0 Å². The Morgan fingerprint density at radius 2 is 1.88 bits per heavy atom. The summed E-state index contributed by atoms with van der Waals surface area (Å²) in [7, 11) is 0. The maximum atomic E-state index is 3.58. The van der Waals surface area contributed by atoms with Crippen LogP contribution in [0.5, 0.6) is 0 Å². The summed E-state index contributed by atoms with van der Waals surface area (Å²) in [5.74, 6) is 0.807. The van der Waals surface area contributed by atoms with E-state index in [1.54, 1.807) is 0 Å². The normalized spacial score (nSPS) is 29.5. The van der Waals surface area contributed by atoms with E-state index in [0.29, 0.717) is 0 Å². The number of nitrogens with one attached hydrogen (secondary N) is 1. The molecule has 0 amide bonds. The van der Waals surface area contributed by atoms with Crippen LogP contribution < -0.4 is 5.32 Å². The molecule has 3 heteroatoms. The van der Waals surface area contributed by atoms with Crippen molar-refractivity contribution in [1.29, 1.82) is 0 Å². The van der Waals surface area contributed by atoms with Gasteiger partial charge < -0.3 is 10.2 Å². The first-order chi connectivity index (χ1) is 8.25. The van der Waals surface area contributed by atoms with Crippen molar-refractivity contribution in [2.24, 2.45) is 5.92 Å². The Morgan fingerprint density at radius 3 is 2.59 bits per heavy atom. The molecule has 1 atom stereocenters. The van der Waals surface area contributed by atoms with Crippen molar-refractivity contribution in [3.63, 3.8) is 0 Å². The van der Waals surface area contributed by atoms with E-state index in [4.69, 9.17) is 0 Å². The first-order valence-electron chi connectivity index (χ1n) is 7.43. The van der Waals surface area contributed by atoms with Gasteiger partial charge in [0.1, 0.15) is 0 Å². The molecule has 2 heterocycles. The zero-order valence-corrected chi connectivity index (χ0v) is 11.6. The van der Waals surface area contributed by atoms with Gasteiger partial charge in [0.25, 0.3) is 0 Å². The Labute approximate surface area is 107 Å². The van der Waals surface area contributed by atoms with Gasteiger partial charge in [0.2, 0.25) is 0 Å². The molecule has 3 nitrogen and oxygen atoms in total. The molecule has 0 aliphatic carbocycles. The molecule has 0 spiro atoms. The molecular formula is C14H29N3. The van der Waals surface area contributed by atoms with Crippen LogP contribution in [0.1, 0.15) is 33.1 Å². The van der Waals surface area contributed by atoms with Crippen molar-refractivity contribution in [3.8, 4) is 0 Å². The minimum Gasteiger partial charge on any atom is -0.315 e. The maximum absolute atomic E-state index is 3.58. The fourth-order valence-corrected chi connectivity index (χ4v) is 3.14. The van der Waals surface area contributed by atoms with E-state index in [9.17, 15) is 0 Å². The summed E-state index contributed by atoms with van der Waals surface area (Å²) < 4.78 is 0. The molecule has 1 N–H and O–H groups in total. The number of piperazine rings is 1. The third kappa shape index (κ3) is 4.23. The van der Waals surface area contributed by atoms with Gasteiger partial charge in [-0.05, 0) is 25.3 Å². The van der Waals surface area contributed by atoms with E-state index in [1.165, 1.54) is 65.1 Å². The molecule has 17 heavy (non-hydrogen) atoms. The lowest BCUT2D eigenvalue weighted by Crippen LogP contribution is -2.52. The Balaban J connectivity index is 1.73. The van der Waals surface area contributed by atoms with Crippen LogP contribution in [0.2, 0.25) is 0 Å². The third-order valence-corrected chi connectivity index (χ3v) is 4.07. The van der Waals surface area contributed by atoms with Gasteiger partial charge in [-0.15, -0.1) is 0 Å². The molecule has 0 radical (unpaired) electrons. The lowest BCUT2D eigenvalue weighted by Gasteiger charge is -2.39. The van der Waals surface area contributed by atoms with Crippen LogP contribution in [0.4, 0.5) is 0 Å². The molecule has 2 fully saturated rings. The van der Waals surface area contributed by atoms with Gasteiger partial charge in [-0.1, -0.05) is 20.3 Å². The molecule has 0 aromatic rings. The van der Waals surface area contributed by atoms with Crippen molar-refractivity contribution >= 4 is 0 Å². The van der Waals surface area contributed by atoms with E-state index in [0.717, 1.165) is 12.0 Å². The van der Waals surface area contributed by atoms with Gasteiger partial charge in [-0.25, -0.2) is 0 Å². The fraction of sp³-hybridized carbons (Fsp3) is 1.00. The zero-order valence-electron chi connectivity index (χ0n) is 11.6. The largest absolute Gasteiger partial charge is 0.315 e. The molecule has 2 aliphatic heterocycles. The monoisotopic (exact) mass is 239 g/mol. The van der Waals surface area contributed by atoms with Crippen molar-refractivity contribution in [1.82, 2.24) is 15.1 Å².